The Labute approximate surface area is 197 Å². The number of nitrogens with zero attached hydrogens (tertiary/aromatic N) is 7. The molecule has 2 fully saturated rings. The second kappa shape index (κ2) is 8.55. The molecule has 0 N–H and O–H groups in total. The molecule has 34 heavy (non-hydrogen) atoms. The Balaban J connectivity index is 1.10. The van der Waals surface area contributed by atoms with Crippen molar-refractivity contribution in [3.63, 3.8) is 0 Å². The van der Waals surface area contributed by atoms with Crippen LogP contribution in [0.5, 0.6) is 0 Å². The number of tetrazole rings is 1. The lowest BCUT2D eigenvalue weighted by Gasteiger charge is -2.35. The van der Waals surface area contributed by atoms with Gasteiger partial charge >= 0.3 is 0 Å². The number of rotatable bonds is 4. The zero-order valence-corrected chi connectivity index (χ0v) is 19.0. The Morgan fingerprint density at radius 1 is 0.912 bits per heavy atom. The van der Waals surface area contributed by atoms with Crippen molar-refractivity contribution in [2.24, 2.45) is 5.92 Å². The highest BCUT2D eigenvalue weighted by atomic mass is 16.2. The Morgan fingerprint density at radius 3 is 2.53 bits per heavy atom. The molecule has 0 radical (unpaired) electrons. The summed E-state index contributed by atoms with van der Waals surface area (Å²) in [5.41, 5.74) is 4.56. The highest BCUT2D eigenvalue weighted by Gasteiger charge is 2.38. The number of fused-ring (bicyclic) bond motifs is 1. The van der Waals surface area contributed by atoms with Crippen LogP contribution < -0.4 is 9.80 Å². The van der Waals surface area contributed by atoms with E-state index in [0.29, 0.717) is 38.7 Å². The minimum Gasteiger partial charge on any atom is -0.339 e. The van der Waals surface area contributed by atoms with Gasteiger partial charge in [0.05, 0.1) is 11.6 Å². The zero-order valence-electron chi connectivity index (χ0n) is 19.0. The second-order valence-electron chi connectivity index (χ2n) is 9.25. The largest absolute Gasteiger partial charge is 0.339 e. The predicted molar refractivity (Wildman–Crippen MR) is 127 cm³/mol. The Hall–Kier alpha value is -3.75. The average molecular weight is 458 g/mol. The maximum atomic E-state index is 13.3. The van der Waals surface area contributed by atoms with Crippen molar-refractivity contribution in [1.82, 2.24) is 25.1 Å². The molecule has 3 aliphatic rings. The van der Waals surface area contributed by atoms with E-state index in [1.165, 1.54) is 17.5 Å². The summed E-state index contributed by atoms with van der Waals surface area (Å²) >= 11 is 0. The van der Waals surface area contributed by atoms with E-state index in [9.17, 15) is 9.59 Å². The molecule has 1 atom stereocenters. The number of hydrogen-bond donors (Lipinski definition) is 0. The first kappa shape index (κ1) is 20.8. The zero-order chi connectivity index (χ0) is 23.1. The number of aryl methyl sites for hydroxylation is 2. The maximum Gasteiger partial charge on any atom is 0.250 e. The van der Waals surface area contributed by atoms with Crippen LogP contribution in [0.4, 0.5) is 11.6 Å². The summed E-state index contributed by atoms with van der Waals surface area (Å²) in [5.74, 6) is 0.496. The minimum atomic E-state index is -0.290. The Bertz CT molecular complexity index is 1220. The maximum absolute atomic E-state index is 13.3. The fraction of sp³-hybridized carbons (Fsp3) is 0.400. The van der Waals surface area contributed by atoms with Crippen molar-refractivity contribution >= 4 is 23.5 Å². The molecule has 9 heteroatoms. The molecule has 3 heterocycles. The quantitative estimate of drug-likeness (QED) is 0.594. The van der Waals surface area contributed by atoms with Gasteiger partial charge in [-0.15, -0.1) is 0 Å². The summed E-state index contributed by atoms with van der Waals surface area (Å²) in [5, 5.41) is 12.2. The molecule has 1 aliphatic carbocycles. The first-order valence-electron chi connectivity index (χ1n) is 12.0. The Morgan fingerprint density at radius 2 is 1.71 bits per heavy atom. The van der Waals surface area contributed by atoms with Gasteiger partial charge in [0, 0.05) is 44.8 Å². The highest BCUT2D eigenvalue weighted by Crippen LogP contribution is 2.31. The SMILES string of the molecule is O=C(C1CC(=O)N(c2ccc3c(c2)CCC3)C1)N1CCN(c2nnnn2-c2ccccc2)CC1. The van der Waals surface area contributed by atoms with Gasteiger partial charge in [0.1, 0.15) is 0 Å². The molecule has 2 saturated heterocycles. The summed E-state index contributed by atoms with van der Waals surface area (Å²) in [6, 6.07) is 16.1. The van der Waals surface area contributed by atoms with Crippen molar-refractivity contribution in [3.8, 4) is 5.69 Å². The van der Waals surface area contributed by atoms with Crippen molar-refractivity contribution < 1.29 is 9.59 Å². The summed E-state index contributed by atoms with van der Waals surface area (Å²) in [6.07, 6.45) is 3.65. The molecule has 3 aromatic rings. The van der Waals surface area contributed by atoms with Crippen LogP contribution in [0.2, 0.25) is 0 Å². The minimum absolute atomic E-state index is 0.0389. The van der Waals surface area contributed by atoms with Gasteiger partial charge < -0.3 is 14.7 Å². The van der Waals surface area contributed by atoms with E-state index in [2.05, 4.69) is 32.6 Å². The fourth-order valence-corrected chi connectivity index (χ4v) is 5.35. The molecule has 0 saturated carbocycles. The third kappa shape index (κ3) is 3.70. The van der Waals surface area contributed by atoms with E-state index in [1.54, 1.807) is 9.58 Å². The smallest absolute Gasteiger partial charge is 0.250 e. The van der Waals surface area contributed by atoms with Crippen LogP contribution >= 0.6 is 0 Å². The summed E-state index contributed by atoms with van der Waals surface area (Å²) in [7, 11) is 0. The number of para-hydroxylation sites is 1. The van der Waals surface area contributed by atoms with Crippen molar-refractivity contribution in [3.05, 3.63) is 59.7 Å². The van der Waals surface area contributed by atoms with Crippen molar-refractivity contribution in [2.45, 2.75) is 25.7 Å². The number of hydrogen-bond acceptors (Lipinski definition) is 6. The van der Waals surface area contributed by atoms with Crippen LogP contribution in [-0.2, 0) is 22.4 Å². The van der Waals surface area contributed by atoms with E-state index in [4.69, 9.17) is 0 Å². The lowest BCUT2D eigenvalue weighted by Crippen LogP contribution is -2.51. The van der Waals surface area contributed by atoms with Gasteiger partial charge in [-0.1, -0.05) is 29.4 Å². The van der Waals surface area contributed by atoms with Gasteiger partial charge in [0.2, 0.25) is 17.8 Å². The van der Waals surface area contributed by atoms with Crippen LogP contribution in [0, 0.1) is 5.92 Å². The molecule has 6 rings (SSSR count). The van der Waals surface area contributed by atoms with E-state index >= 15 is 0 Å². The third-order valence-corrected chi connectivity index (χ3v) is 7.20. The first-order chi connectivity index (χ1) is 16.7. The number of carbonyl (C=O) groups excluding carboxylic acids is 2. The number of aromatic nitrogens is 4. The van der Waals surface area contributed by atoms with Crippen LogP contribution in [0.1, 0.15) is 24.0 Å². The summed E-state index contributed by atoms with van der Waals surface area (Å²) < 4.78 is 1.72. The van der Waals surface area contributed by atoms with Gasteiger partial charge in [-0.05, 0) is 65.1 Å². The van der Waals surface area contributed by atoms with E-state index in [-0.39, 0.29) is 24.2 Å². The lowest BCUT2D eigenvalue weighted by molar-refractivity contribution is -0.136. The molecule has 2 aromatic carbocycles. The molecule has 1 aromatic heterocycles. The Kier molecular flexibility index (Phi) is 5.24. The molecule has 1 unspecified atom stereocenters. The summed E-state index contributed by atoms with van der Waals surface area (Å²) in [6.45, 7) is 2.93. The van der Waals surface area contributed by atoms with E-state index < -0.39 is 0 Å². The average Bonchev–Trinajstić information content (AvgIpc) is 3.63. The molecular weight excluding hydrogens is 430 g/mol. The molecular formula is C25H27N7O2. The molecule has 2 amide bonds. The molecule has 2 aliphatic heterocycles. The number of benzene rings is 2. The molecule has 9 nitrogen and oxygen atoms in total. The molecule has 0 bridgehead atoms. The van der Waals surface area contributed by atoms with E-state index in [0.717, 1.165) is 24.2 Å². The molecule has 0 spiro atoms. The highest BCUT2D eigenvalue weighted by molar-refractivity contribution is 6.00. The van der Waals surface area contributed by atoms with Gasteiger partial charge in [0.15, 0.2) is 0 Å². The number of amides is 2. The number of carbonyl (C=O) groups is 2. The predicted octanol–water partition coefficient (Wildman–Crippen LogP) is 1.85. The van der Waals surface area contributed by atoms with Crippen molar-refractivity contribution in [1.29, 1.82) is 0 Å². The lowest BCUT2D eigenvalue weighted by atomic mass is 10.1. The van der Waals surface area contributed by atoms with Crippen LogP contribution in [0.3, 0.4) is 0 Å². The van der Waals surface area contributed by atoms with Gasteiger partial charge in [0.25, 0.3) is 0 Å². The topological polar surface area (TPSA) is 87.5 Å². The standard InChI is InChI=1S/C25H27N7O2/c33-23-16-20(17-31(23)22-10-9-18-5-4-6-19(18)15-22)24(34)29-11-13-30(14-12-29)25-26-27-28-32(25)21-7-2-1-3-8-21/h1-3,7-10,15,20H,4-6,11-14,16-17H2. The van der Waals surface area contributed by atoms with Crippen LogP contribution in [-0.4, -0.2) is 69.6 Å². The first-order valence-corrected chi connectivity index (χ1v) is 12.0. The van der Waals surface area contributed by atoms with Crippen molar-refractivity contribution in [2.75, 3.05) is 42.5 Å². The van der Waals surface area contributed by atoms with Gasteiger partial charge in [-0.3, -0.25) is 9.59 Å². The normalized spacial score (nSPS) is 20.2. The second-order valence-corrected chi connectivity index (χ2v) is 9.25. The van der Waals surface area contributed by atoms with Gasteiger partial charge in [-0.25, -0.2) is 0 Å². The summed E-state index contributed by atoms with van der Waals surface area (Å²) in [4.78, 5) is 31.8. The fourth-order valence-electron chi connectivity index (χ4n) is 5.35. The monoisotopic (exact) mass is 457 g/mol. The number of anilines is 2. The third-order valence-electron chi connectivity index (χ3n) is 7.20. The van der Waals surface area contributed by atoms with Crippen LogP contribution in [0.25, 0.3) is 5.69 Å². The van der Waals surface area contributed by atoms with E-state index in [1.807, 2.05) is 41.3 Å². The number of piperazine rings is 1. The molecule has 174 valence electrons. The van der Waals surface area contributed by atoms with Crippen LogP contribution in [0.15, 0.2) is 48.5 Å². The van der Waals surface area contributed by atoms with Gasteiger partial charge in [-0.2, -0.15) is 4.68 Å².